The zero-order valence-electron chi connectivity index (χ0n) is 12.9. The van der Waals surface area contributed by atoms with Gasteiger partial charge in [-0.3, -0.25) is 4.79 Å². The molecule has 0 aliphatic carbocycles. The summed E-state index contributed by atoms with van der Waals surface area (Å²) >= 11 is 0. The highest BCUT2D eigenvalue weighted by Gasteiger charge is 2.27. The van der Waals surface area contributed by atoms with E-state index in [0.717, 1.165) is 13.0 Å². The van der Waals surface area contributed by atoms with Gasteiger partial charge in [0, 0.05) is 18.0 Å². The predicted octanol–water partition coefficient (Wildman–Crippen LogP) is 2.79. The minimum Gasteiger partial charge on any atom is -0.354 e. The molecule has 114 valence electrons. The number of carbonyl (C=O) groups excluding carboxylic acids is 1. The molecule has 0 heterocycles. The van der Waals surface area contributed by atoms with Gasteiger partial charge in [0.05, 0.1) is 0 Å². The molecular weight excluding hydrogens is 272 g/mol. The molecule has 0 unspecified atom stereocenters. The molecule has 0 spiro atoms. The van der Waals surface area contributed by atoms with Crippen LogP contribution in [0.2, 0.25) is 0 Å². The Kier molecular flexibility index (Phi) is 8.51. The van der Waals surface area contributed by atoms with E-state index in [9.17, 15) is 4.79 Å². The number of rotatable bonds is 7. The van der Waals surface area contributed by atoms with Gasteiger partial charge in [-0.25, -0.2) is 0 Å². The molecule has 1 atom stereocenters. The molecule has 0 aromatic heterocycles. The molecule has 1 aromatic carbocycles. The van der Waals surface area contributed by atoms with E-state index in [1.165, 1.54) is 5.56 Å². The standard InChI is InChI=1S/C16H26N2O.ClH/c1-5-17-13(2)12-18-15(19)16(3,4)11-14-9-7-6-8-10-14;/h6-10,13,17H,5,11-12H2,1-4H3,(H,18,19);1H/t13-;/m1./s1. The fraction of sp³-hybridized carbons (Fsp3) is 0.562. The number of amides is 1. The monoisotopic (exact) mass is 298 g/mol. The highest BCUT2D eigenvalue weighted by atomic mass is 35.5. The molecule has 0 saturated carbocycles. The Morgan fingerprint density at radius 2 is 1.85 bits per heavy atom. The summed E-state index contributed by atoms with van der Waals surface area (Å²) in [6.07, 6.45) is 0.759. The molecule has 0 aliphatic heterocycles. The van der Waals surface area contributed by atoms with Gasteiger partial charge >= 0.3 is 0 Å². The molecule has 4 heteroatoms. The van der Waals surface area contributed by atoms with Crippen molar-refractivity contribution in [2.45, 2.75) is 40.2 Å². The number of halogens is 1. The summed E-state index contributed by atoms with van der Waals surface area (Å²) in [5, 5.41) is 6.31. The number of hydrogen-bond donors (Lipinski definition) is 2. The molecule has 0 fully saturated rings. The van der Waals surface area contributed by atoms with Crippen molar-refractivity contribution in [2.75, 3.05) is 13.1 Å². The van der Waals surface area contributed by atoms with E-state index in [-0.39, 0.29) is 23.7 Å². The van der Waals surface area contributed by atoms with Gasteiger partial charge in [-0.1, -0.05) is 51.1 Å². The van der Waals surface area contributed by atoms with Crippen molar-refractivity contribution in [3.63, 3.8) is 0 Å². The number of carbonyl (C=O) groups is 1. The van der Waals surface area contributed by atoms with Crippen molar-refractivity contribution >= 4 is 18.3 Å². The minimum atomic E-state index is -0.382. The SMILES string of the molecule is CCN[C@H](C)CNC(=O)C(C)(C)Cc1ccccc1.Cl. The zero-order chi connectivity index (χ0) is 14.3. The first-order valence-electron chi connectivity index (χ1n) is 7.01. The first kappa shape index (κ1) is 18.9. The molecule has 1 amide bonds. The molecule has 2 N–H and O–H groups in total. The quantitative estimate of drug-likeness (QED) is 0.813. The highest BCUT2D eigenvalue weighted by molar-refractivity contribution is 5.85. The van der Waals surface area contributed by atoms with E-state index in [1.807, 2.05) is 32.0 Å². The molecule has 0 radical (unpaired) electrons. The Bertz CT molecular complexity index is 393. The fourth-order valence-electron chi connectivity index (χ4n) is 2.09. The summed E-state index contributed by atoms with van der Waals surface area (Å²) in [7, 11) is 0. The van der Waals surface area contributed by atoms with Crippen LogP contribution in [0.5, 0.6) is 0 Å². The number of likely N-dealkylation sites (N-methyl/N-ethyl adjacent to an activating group) is 1. The van der Waals surface area contributed by atoms with Crippen molar-refractivity contribution in [2.24, 2.45) is 5.41 Å². The van der Waals surface area contributed by atoms with Crippen LogP contribution in [0.1, 0.15) is 33.3 Å². The summed E-state index contributed by atoms with van der Waals surface area (Å²) < 4.78 is 0. The van der Waals surface area contributed by atoms with Crippen LogP contribution < -0.4 is 10.6 Å². The van der Waals surface area contributed by atoms with Crippen LogP contribution >= 0.6 is 12.4 Å². The van der Waals surface area contributed by atoms with Gasteiger partial charge in [0.1, 0.15) is 0 Å². The van der Waals surface area contributed by atoms with Crippen molar-refractivity contribution in [3.8, 4) is 0 Å². The second-order valence-corrected chi connectivity index (χ2v) is 5.72. The van der Waals surface area contributed by atoms with E-state index in [4.69, 9.17) is 0 Å². The lowest BCUT2D eigenvalue weighted by atomic mass is 9.85. The third kappa shape index (κ3) is 6.40. The maximum atomic E-state index is 12.2. The lowest BCUT2D eigenvalue weighted by Gasteiger charge is -2.25. The minimum absolute atomic E-state index is 0. The maximum Gasteiger partial charge on any atom is 0.226 e. The number of hydrogen-bond acceptors (Lipinski definition) is 2. The van der Waals surface area contributed by atoms with Gasteiger partial charge < -0.3 is 10.6 Å². The van der Waals surface area contributed by atoms with Crippen LogP contribution in [0, 0.1) is 5.41 Å². The highest BCUT2D eigenvalue weighted by Crippen LogP contribution is 2.21. The van der Waals surface area contributed by atoms with E-state index >= 15 is 0 Å². The molecule has 3 nitrogen and oxygen atoms in total. The second-order valence-electron chi connectivity index (χ2n) is 5.72. The lowest BCUT2D eigenvalue weighted by molar-refractivity contribution is -0.129. The van der Waals surface area contributed by atoms with Crippen LogP contribution in [-0.4, -0.2) is 25.0 Å². The van der Waals surface area contributed by atoms with Crippen LogP contribution in [0.4, 0.5) is 0 Å². The Labute approximate surface area is 128 Å². The number of nitrogens with one attached hydrogen (secondary N) is 2. The molecule has 0 saturated heterocycles. The van der Waals surface area contributed by atoms with Gasteiger partial charge in [0.2, 0.25) is 5.91 Å². The molecular formula is C16H27ClN2O. The Balaban J connectivity index is 0.00000361. The average molecular weight is 299 g/mol. The third-order valence-corrected chi connectivity index (χ3v) is 3.22. The molecule has 1 aromatic rings. The zero-order valence-corrected chi connectivity index (χ0v) is 13.7. The van der Waals surface area contributed by atoms with Gasteiger partial charge in [0.25, 0.3) is 0 Å². The largest absolute Gasteiger partial charge is 0.354 e. The summed E-state index contributed by atoms with van der Waals surface area (Å²) in [5.41, 5.74) is 0.815. The normalized spacial score (nSPS) is 12.4. The van der Waals surface area contributed by atoms with Crippen molar-refractivity contribution < 1.29 is 4.79 Å². The van der Waals surface area contributed by atoms with E-state index in [2.05, 4.69) is 36.6 Å². The van der Waals surface area contributed by atoms with Crippen molar-refractivity contribution in [3.05, 3.63) is 35.9 Å². The predicted molar refractivity (Wildman–Crippen MR) is 87.3 cm³/mol. The van der Waals surface area contributed by atoms with Crippen LogP contribution in [0.3, 0.4) is 0 Å². The van der Waals surface area contributed by atoms with E-state index in [0.29, 0.717) is 12.6 Å². The van der Waals surface area contributed by atoms with Crippen LogP contribution in [-0.2, 0) is 11.2 Å². The topological polar surface area (TPSA) is 41.1 Å². The number of benzene rings is 1. The first-order chi connectivity index (χ1) is 8.95. The third-order valence-electron chi connectivity index (χ3n) is 3.22. The van der Waals surface area contributed by atoms with E-state index < -0.39 is 0 Å². The van der Waals surface area contributed by atoms with Gasteiger partial charge in [-0.15, -0.1) is 12.4 Å². The first-order valence-corrected chi connectivity index (χ1v) is 7.01. The molecule has 0 bridgehead atoms. The Morgan fingerprint density at radius 3 is 2.40 bits per heavy atom. The smallest absolute Gasteiger partial charge is 0.226 e. The summed E-state index contributed by atoms with van der Waals surface area (Å²) in [4.78, 5) is 12.2. The molecule has 20 heavy (non-hydrogen) atoms. The van der Waals surface area contributed by atoms with Crippen molar-refractivity contribution in [1.82, 2.24) is 10.6 Å². The Hall–Kier alpha value is -1.06. The van der Waals surface area contributed by atoms with Gasteiger partial charge in [0.15, 0.2) is 0 Å². The van der Waals surface area contributed by atoms with Gasteiger partial charge in [-0.2, -0.15) is 0 Å². The maximum absolute atomic E-state index is 12.2. The molecule has 0 aliphatic rings. The summed E-state index contributed by atoms with van der Waals surface area (Å²) in [6.45, 7) is 9.72. The summed E-state index contributed by atoms with van der Waals surface area (Å²) in [6, 6.07) is 10.5. The van der Waals surface area contributed by atoms with Crippen LogP contribution in [0.25, 0.3) is 0 Å². The average Bonchev–Trinajstić information content (AvgIpc) is 2.37. The fourth-order valence-corrected chi connectivity index (χ4v) is 2.09. The van der Waals surface area contributed by atoms with Gasteiger partial charge in [-0.05, 0) is 25.5 Å². The lowest BCUT2D eigenvalue weighted by Crippen LogP contribution is -2.44. The molecule has 1 rings (SSSR count). The summed E-state index contributed by atoms with van der Waals surface area (Å²) in [5.74, 6) is 0.112. The van der Waals surface area contributed by atoms with E-state index in [1.54, 1.807) is 0 Å². The van der Waals surface area contributed by atoms with Crippen molar-refractivity contribution in [1.29, 1.82) is 0 Å². The van der Waals surface area contributed by atoms with Crippen LogP contribution in [0.15, 0.2) is 30.3 Å². The second kappa shape index (κ2) is 8.98. The Morgan fingerprint density at radius 1 is 1.25 bits per heavy atom.